The van der Waals surface area contributed by atoms with E-state index in [9.17, 15) is 18.0 Å². The number of carbonyl (C=O) groups excluding carboxylic acids is 1. The molecule has 0 unspecified atom stereocenters. The largest absolute Gasteiger partial charge is 0.406 e. The minimum absolute atomic E-state index is 0.0249. The first-order valence-electron chi connectivity index (χ1n) is 5.86. The van der Waals surface area contributed by atoms with Gasteiger partial charge in [0.05, 0.1) is 5.02 Å². The minimum Gasteiger partial charge on any atom is -0.329 e. The number of halogens is 4. The monoisotopic (exact) mass is 321 g/mol. The molecule has 1 aromatic heterocycles. The van der Waals surface area contributed by atoms with Crippen LogP contribution in [0.4, 0.5) is 13.2 Å². The average molecular weight is 322 g/mol. The highest BCUT2D eigenvalue weighted by atomic mass is 35.5. The van der Waals surface area contributed by atoms with Crippen LogP contribution < -0.4 is 0 Å². The van der Waals surface area contributed by atoms with E-state index in [0.29, 0.717) is 5.39 Å². The fourth-order valence-electron chi connectivity index (χ4n) is 1.84. The third-order valence-electron chi connectivity index (χ3n) is 2.77. The first kappa shape index (κ1) is 15.1. The summed E-state index contributed by atoms with van der Waals surface area (Å²) < 4.78 is 38.1. The van der Waals surface area contributed by atoms with Gasteiger partial charge in [-0.25, -0.2) is 0 Å². The van der Waals surface area contributed by atoms with Crippen molar-refractivity contribution in [2.75, 3.05) is 13.1 Å². The summed E-state index contributed by atoms with van der Waals surface area (Å²) in [6.45, 7) is 0.209. The maximum absolute atomic E-state index is 12.5. The molecular weight excluding hydrogens is 311 g/mol. The summed E-state index contributed by atoms with van der Waals surface area (Å²) in [4.78, 5) is 13.1. The smallest absolute Gasteiger partial charge is 0.329 e. The third kappa shape index (κ3) is 3.07. The van der Waals surface area contributed by atoms with Gasteiger partial charge in [-0.05, 0) is 13.0 Å². The van der Waals surface area contributed by atoms with Crippen LogP contribution in [0.25, 0.3) is 10.1 Å². The van der Waals surface area contributed by atoms with E-state index in [2.05, 4.69) is 0 Å². The number of hydrogen-bond donors (Lipinski definition) is 0. The molecule has 2 aromatic rings. The number of hydrogen-bond acceptors (Lipinski definition) is 2. The Labute approximate surface area is 122 Å². The standard InChI is InChI=1S/C13H11ClF3NOS/c1-2-18(7-13(15,16)17)12(19)11-10(14)8-5-3-4-6-9(8)20-11/h3-6H,2,7H2,1H3. The fourth-order valence-corrected chi connectivity index (χ4v) is 3.32. The van der Waals surface area contributed by atoms with Crippen LogP contribution in [-0.4, -0.2) is 30.1 Å². The van der Waals surface area contributed by atoms with Gasteiger partial charge in [0, 0.05) is 16.6 Å². The molecular formula is C13H11ClF3NOS. The molecule has 2 nitrogen and oxygen atoms in total. The maximum atomic E-state index is 12.5. The van der Waals surface area contributed by atoms with E-state index in [-0.39, 0.29) is 16.4 Å². The van der Waals surface area contributed by atoms with Crippen LogP contribution in [0.1, 0.15) is 16.6 Å². The summed E-state index contributed by atoms with van der Waals surface area (Å²) in [5.41, 5.74) is 0. The van der Waals surface area contributed by atoms with Crippen molar-refractivity contribution in [1.82, 2.24) is 4.90 Å². The molecule has 0 saturated carbocycles. The van der Waals surface area contributed by atoms with E-state index < -0.39 is 18.6 Å². The van der Waals surface area contributed by atoms with E-state index in [0.717, 1.165) is 20.9 Å². The van der Waals surface area contributed by atoms with Crippen molar-refractivity contribution in [1.29, 1.82) is 0 Å². The van der Waals surface area contributed by atoms with E-state index >= 15 is 0 Å². The van der Waals surface area contributed by atoms with Gasteiger partial charge >= 0.3 is 6.18 Å². The highest BCUT2D eigenvalue weighted by molar-refractivity contribution is 7.21. The van der Waals surface area contributed by atoms with E-state index in [1.165, 1.54) is 6.92 Å². The number of rotatable bonds is 3. The Morgan fingerprint density at radius 2 is 2.00 bits per heavy atom. The second kappa shape index (κ2) is 5.61. The van der Waals surface area contributed by atoms with Crippen molar-refractivity contribution in [3.63, 3.8) is 0 Å². The zero-order valence-corrected chi connectivity index (χ0v) is 12.1. The molecule has 0 aliphatic rings. The van der Waals surface area contributed by atoms with Gasteiger partial charge < -0.3 is 4.90 Å². The van der Waals surface area contributed by atoms with Crippen molar-refractivity contribution in [2.45, 2.75) is 13.1 Å². The van der Waals surface area contributed by atoms with Gasteiger partial charge in [-0.3, -0.25) is 4.79 Å². The molecule has 1 aromatic carbocycles. The Morgan fingerprint density at radius 1 is 1.35 bits per heavy atom. The van der Waals surface area contributed by atoms with Crippen LogP contribution in [0.15, 0.2) is 24.3 Å². The number of carbonyl (C=O) groups is 1. The van der Waals surface area contributed by atoms with Crippen LogP contribution in [0.3, 0.4) is 0 Å². The summed E-state index contributed by atoms with van der Waals surface area (Å²) >= 11 is 7.22. The van der Waals surface area contributed by atoms with Gasteiger partial charge in [-0.2, -0.15) is 13.2 Å². The van der Waals surface area contributed by atoms with Gasteiger partial charge in [-0.15, -0.1) is 11.3 Å². The van der Waals surface area contributed by atoms with Crippen molar-refractivity contribution in [3.8, 4) is 0 Å². The summed E-state index contributed by atoms with van der Waals surface area (Å²) in [5.74, 6) is -0.684. The lowest BCUT2D eigenvalue weighted by Gasteiger charge is -2.21. The lowest BCUT2D eigenvalue weighted by atomic mass is 10.2. The Hall–Kier alpha value is -1.27. The fraction of sp³-hybridized carbons (Fsp3) is 0.308. The third-order valence-corrected chi connectivity index (χ3v) is 4.43. The SMILES string of the molecule is CCN(CC(F)(F)F)C(=O)c1sc2ccccc2c1Cl. The van der Waals surface area contributed by atoms with Crippen LogP contribution in [-0.2, 0) is 0 Å². The predicted octanol–water partition coefficient (Wildman–Crippen LogP) is 4.58. The molecule has 1 heterocycles. The number of thiophene rings is 1. The zero-order chi connectivity index (χ0) is 14.9. The number of amides is 1. The molecule has 108 valence electrons. The summed E-state index contributed by atoms with van der Waals surface area (Å²) in [6.07, 6.45) is -4.42. The van der Waals surface area contributed by atoms with Gasteiger partial charge in [0.15, 0.2) is 0 Å². The lowest BCUT2D eigenvalue weighted by Crippen LogP contribution is -2.38. The van der Waals surface area contributed by atoms with Crippen molar-refractivity contribution in [2.24, 2.45) is 0 Å². The zero-order valence-electron chi connectivity index (χ0n) is 10.5. The Kier molecular flexibility index (Phi) is 4.25. The second-order valence-corrected chi connectivity index (χ2v) is 5.61. The molecule has 0 atom stereocenters. The Balaban J connectivity index is 2.37. The number of nitrogens with zero attached hydrogens (tertiary/aromatic N) is 1. The normalized spacial score (nSPS) is 11.8. The molecule has 7 heteroatoms. The molecule has 0 spiro atoms. The van der Waals surface area contributed by atoms with Crippen molar-refractivity contribution >= 4 is 38.9 Å². The molecule has 1 amide bonds. The van der Waals surface area contributed by atoms with Gasteiger partial charge in [0.2, 0.25) is 0 Å². The second-order valence-electron chi connectivity index (χ2n) is 4.18. The topological polar surface area (TPSA) is 20.3 Å². The molecule has 0 N–H and O–H groups in total. The molecule has 0 fully saturated rings. The first-order chi connectivity index (χ1) is 9.33. The van der Waals surface area contributed by atoms with E-state index in [4.69, 9.17) is 11.6 Å². The van der Waals surface area contributed by atoms with Crippen LogP contribution in [0, 0.1) is 0 Å². The van der Waals surface area contributed by atoms with Crippen LogP contribution in [0.2, 0.25) is 5.02 Å². The highest BCUT2D eigenvalue weighted by Gasteiger charge is 2.33. The molecule has 0 aliphatic carbocycles. The maximum Gasteiger partial charge on any atom is 0.406 e. The highest BCUT2D eigenvalue weighted by Crippen LogP contribution is 2.36. The first-order valence-corrected chi connectivity index (χ1v) is 7.06. The molecule has 0 saturated heterocycles. The number of benzene rings is 1. The quantitative estimate of drug-likeness (QED) is 0.810. The molecule has 0 radical (unpaired) electrons. The van der Waals surface area contributed by atoms with Crippen LogP contribution >= 0.6 is 22.9 Å². The molecule has 0 aliphatic heterocycles. The summed E-state index contributed by atoms with van der Waals surface area (Å²) in [6, 6.07) is 7.08. The lowest BCUT2D eigenvalue weighted by molar-refractivity contribution is -0.140. The van der Waals surface area contributed by atoms with Crippen molar-refractivity contribution in [3.05, 3.63) is 34.2 Å². The van der Waals surface area contributed by atoms with Crippen LogP contribution in [0.5, 0.6) is 0 Å². The summed E-state index contributed by atoms with van der Waals surface area (Å²) in [5, 5.41) is 0.904. The molecule has 2 rings (SSSR count). The minimum atomic E-state index is -4.42. The van der Waals surface area contributed by atoms with Gasteiger partial charge in [0.25, 0.3) is 5.91 Å². The molecule has 0 bridgehead atoms. The summed E-state index contributed by atoms with van der Waals surface area (Å²) in [7, 11) is 0. The Morgan fingerprint density at radius 3 is 2.55 bits per heavy atom. The number of fused-ring (bicyclic) bond motifs is 1. The van der Waals surface area contributed by atoms with Gasteiger partial charge in [0.1, 0.15) is 11.4 Å². The van der Waals surface area contributed by atoms with Gasteiger partial charge in [-0.1, -0.05) is 29.8 Å². The van der Waals surface area contributed by atoms with E-state index in [1.807, 2.05) is 0 Å². The van der Waals surface area contributed by atoms with Crippen molar-refractivity contribution < 1.29 is 18.0 Å². The Bertz CT molecular complexity index is 638. The number of alkyl halides is 3. The van der Waals surface area contributed by atoms with E-state index in [1.54, 1.807) is 24.3 Å². The average Bonchev–Trinajstić information content (AvgIpc) is 2.72. The predicted molar refractivity (Wildman–Crippen MR) is 74.5 cm³/mol. The molecule has 20 heavy (non-hydrogen) atoms.